The minimum Gasteiger partial charge on any atom is -0.462 e. The van der Waals surface area contributed by atoms with Crippen LogP contribution in [0.25, 0.3) is 0 Å². The molecule has 0 aliphatic heterocycles. The van der Waals surface area contributed by atoms with Gasteiger partial charge in [0.05, 0.1) is 0 Å². The average molecular weight is 779 g/mol. The van der Waals surface area contributed by atoms with Gasteiger partial charge < -0.3 is 14.2 Å². The predicted molar refractivity (Wildman–Crippen MR) is 233 cm³/mol. The van der Waals surface area contributed by atoms with E-state index in [1.807, 2.05) is 0 Å². The van der Waals surface area contributed by atoms with Crippen molar-refractivity contribution >= 4 is 17.9 Å². The van der Waals surface area contributed by atoms with Crippen molar-refractivity contribution in [2.24, 2.45) is 5.92 Å². The number of carbonyl (C=O) groups excluding carboxylic acids is 3. The highest BCUT2D eigenvalue weighted by Gasteiger charge is 2.19. The van der Waals surface area contributed by atoms with E-state index in [4.69, 9.17) is 14.2 Å². The number of esters is 3. The van der Waals surface area contributed by atoms with Crippen molar-refractivity contribution in [1.82, 2.24) is 0 Å². The molecule has 0 aliphatic carbocycles. The van der Waals surface area contributed by atoms with Crippen molar-refractivity contribution in [3.63, 3.8) is 0 Å². The van der Waals surface area contributed by atoms with Gasteiger partial charge in [0.1, 0.15) is 13.2 Å². The molecule has 0 fully saturated rings. The first-order valence-corrected chi connectivity index (χ1v) is 24.4. The molecule has 0 aromatic carbocycles. The maximum absolute atomic E-state index is 12.7. The van der Waals surface area contributed by atoms with Gasteiger partial charge in [-0.15, -0.1) is 0 Å². The number of ether oxygens (including phenoxy) is 3. The Morgan fingerprint density at radius 3 is 0.891 bits per heavy atom. The summed E-state index contributed by atoms with van der Waals surface area (Å²) in [4.78, 5) is 37.6. The molecular weight excluding hydrogens is 685 g/mol. The van der Waals surface area contributed by atoms with E-state index < -0.39 is 6.10 Å². The summed E-state index contributed by atoms with van der Waals surface area (Å²) in [7, 11) is 0. The van der Waals surface area contributed by atoms with E-state index >= 15 is 0 Å². The molecule has 0 amide bonds. The monoisotopic (exact) mass is 779 g/mol. The highest BCUT2D eigenvalue weighted by Crippen LogP contribution is 2.17. The Morgan fingerprint density at radius 2 is 0.600 bits per heavy atom. The van der Waals surface area contributed by atoms with Crippen molar-refractivity contribution in [3.05, 3.63) is 0 Å². The topological polar surface area (TPSA) is 78.9 Å². The molecule has 0 aromatic heterocycles. The third-order valence-corrected chi connectivity index (χ3v) is 11.0. The molecule has 326 valence electrons. The molecule has 0 saturated heterocycles. The second-order valence-corrected chi connectivity index (χ2v) is 17.2. The molecule has 0 N–H and O–H groups in total. The Labute approximate surface area is 342 Å². The average Bonchev–Trinajstić information content (AvgIpc) is 3.17. The van der Waals surface area contributed by atoms with Crippen LogP contribution in [0.3, 0.4) is 0 Å². The lowest BCUT2D eigenvalue weighted by atomic mass is 10.0. The molecule has 1 atom stereocenters. The zero-order valence-corrected chi connectivity index (χ0v) is 37.4. The Balaban J connectivity index is 4.18. The number of hydrogen-bond acceptors (Lipinski definition) is 6. The van der Waals surface area contributed by atoms with Gasteiger partial charge in [-0.2, -0.15) is 0 Å². The fourth-order valence-electron chi connectivity index (χ4n) is 7.33. The van der Waals surface area contributed by atoms with Crippen LogP contribution in [0.5, 0.6) is 0 Å². The van der Waals surface area contributed by atoms with Crippen LogP contribution in [0.2, 0.25) is 0 Å². The molecule has 0 radical (unpaired) electrons. The van der Waals surface area contributed by atoms with Crippen molar-refractivity contribution in [1.29, 1.82) is 0 Å². The van der Waals surface area contributed by atoms with Crippen LogP contribution in [0.4, 0.5) is 0 Å². The largest absolute Gasteiger partial charge is 0.462 e. The van der Waals surface area contributed by atoms with E-state index in [9.17, 15) is 14.4 Å². The first-order chi connectivity index (χ1) is 26.9. The van der Waals surface area contributed by atoms with Gasteiger partial charge in [0.15, 0.2) is 6.10 Å². The van der Waals surface area contributed by atoms with Gasteiger partial charge in [-0.3, -0.25) is 14.4 Å². The summed E-state index contributed by atoms with van der Waals surface area (Å²) in [6.07, 6.45) is 44.0. The predicted octanol–water partition coefficient (Wildman–Crippen LogP) is 15.5. The van der Waals surface area contributed by atoms with Gasteiger partial charge in [0.2, 0.25) is 0 Å². The number of carbonyl (C=O) groups is 3. The lowest BCUT2D eigenvalue weighted by molar-refractivity contribution is -0.167. The van der Waals surface area contributed by atoms with Gasteiger partial charge >= 0.3 is 17.9 Å². The number of unbranched alkanes of at least 4 members (excludes halogenated alkanes) is 31. The maximum atomic E-state index is 12.7. The van der Waals surface area contributed by atoms with E-state index in [-0.39, 0.29) is 31.1 Å². The molecule has 6 nitrogen and oxygen atoms in total. The molecule has 6 heteroatoms. The van der Waals surface area contributed by atoms with E-state index in [1.165, 1.54) is 167 Å². The van der Waals surface area contributed by atoms with Crippen LogP contribution in [0.1, 0.15) is 272 Å². The highest BCUT2D eigenvalue weighted by molar-refractivity contribution is 5.71. The molecule has 55 heavy (non-hydrogen) atoms. The summed E-state index contributed by atoms with van der Waals surface area (Å²) in [5.41, 5.74) is 0. The Morgan fingerprint density at radius 1 is 0.345 bits per heavy atom. The Kier molecular flexibility index (Phi) is 42.3. The zero-order chi connectivity index (χ0) is 40.3. The van der Waals surface area contributed by atoms with Gasteiger partial charge in [-0.1, -0.05) is 233 Å². The van der Waals surface area contributed by atoms with Crippen molar-refractivity contribution in [2.75, 3.05) is 13.2 Å². The summed E-state index contributed by atoms with van der Waals surface area (Å²) in [6.45, 7) is 8.94. The van der Waals surface area contributed by atoms with Gasteiger partial charge in [0.25, 0.3) is 0 Å². The lowest BCUT2D eigenvalue weighted by Gasteiger charge is -2.18. The quantitative estimate of drug-likeness (QED) is 0.0348. The van der Waals surface area contributed by atoms with Crippen LogP contribution < -0.4 is 0 Å². The Bertz CT molecular complexity index is 826. The summed E-state index contributed by atoms with van der Waals surface area (Å²) in [5.74, 6) is -0.0621. The smallest absolute Gasteiger partial charge is 0.306 e. The molecular formula is C49H94O6. The maximum Gasteiger partial charge on any atom is 0.306 e. The van der Waals surface area contributed by atoms with Gasteiger partial charge in [-0.05, 0) is 25.2 Å². The minimum atomic E-state index is -0.759. The molecule has 0 spiro atoms. The van der Waals surface area contributed by atoms with Crippen LogP contribution in [-0.2, 0) is 28.6 Å². The lowest BCUT2D eigenvalue weighted by Crippen LogP contribution is -2.30. The second kappa shape index (κ2) is 43.5. The van der Waals surface area contributed by atoms with Crippen LogP contribution in [-0.4, -0.2) is 37.2 Å². The number of hydrogen-bond donors (Lipinski definition) is 0. The molecule has 0 rings (SSSR count). The summed E-state index contributed by atoms with van der Waals surface area (Å²) < 4.78 is 16.7. The first-order valence-electron chi connectivity index (χ1n) is 24.4. The first kappa shape index (κ1) is 53.4. The van der Waals surface area contributed by atoms with Crippen molar-refractivity contribution < 1.29 is 28.6 Å². The van der Waals surface area contributed by atoms with Gasteiger partial charge in [-0.25, -0.2) is 0 Å². The zero-order valence-electron chi connectivity index (χ0n) is 37.4. The summed E-state index contributed by atoms with van der Waals surface area (Å²) >= 11 is 0. The molecule has 0 aromatic rings. The molecule has 0 unspecified atom stereocenters. The molecule has 0 heterocycles. The second-order valence-electron chi connectivity index (χ2n) is 17.2. The fraction of sp³-hybridized carbons (Fsp3) is 0.939. The normalized spacial score (nSPS) is 11.9. The fourth-order valence-corrected chi connectivity index (χ4v) is 7.33. The summed E-state index contributed by atoms with van der Waals surface area (Å²) in [6, 6.07) is 0. The van der Waals surface area contributed by atoms with E-state index in [1.54, 1.807) is 0 Å². The summed E-state index contributed by atoms with van der Waals surface area (Å²) in [5, 5.41) is 0. The number of rotatable bonds is 44. The van der Waals surface area contributed by atoms with E-state index in [0.717, 1.165) is 63.7 Å². The minimum absolute atomic E-state index is 0.0646. The third kappa shape index (κ3) is 43.4. The third-order valence-electron chi connectivity index (χ3n) is 11.0. The van der Waals surface area contributed by atoms with Crippen LogP contribution in [0, 0.1) is 5.92 Å². The molecule has 0 bridgehead atoms. The molecule has 0 aliphatic rings. The van der Waals surface area contributed by atoms with E-state index in [2.05, 4.69) is 27.7 Å². The van der Waals surface area contributed by atoms with Crippen LogP contribution in [0.15, 0.2) is 0 Å². The Hall–Kier alpha value is -1.59. The standard InChI is InChI=1S/C49H94O6/c1-5-7-9-11-13-14-15-16-17-18-19-20-21-22-23-24-30-34-38-42-49(52)55-46(43-53-47(50)40-36-32-27-12-10-8-6-2)44-54-48(51)41-37-33-29-26-25-28-31-35-39-45(3)4/h45-46H,5-44H2,1-4H3/t46-/m1/s1. The van der Waals surface area contributed by atoms with Gasteiger partial charge in [0, 0.05) is 19.3 Å². The molecule has 0 saturated carbocycles. The SMILES string of the molecule is CCCCCCCCCCCCCCCCCCCCCC(=O)O[C@H](COC(=O)CCCCCCCCC)COC(=O)CCCCCCCCCCC(C)C. The van der Waals surface area contributed by atoms with Crippen molar-refractivity contribution in [2.45, 2.75) is 278 Å². The van der Waals surface area contributed by atoms with Crippen molar-refractivity contribution in [3.8, 4) is 0 Å². The highest BCUT2D eigenvalue weighted by atomic mass is 16.6. The van der Waals surface area contributed by atoms with Crippen LogP contribution >= 0.6 is 0 Å². The van der Waals surface area contributed by atoms with E-state index in [0.29, 0.717) is 19.3 Å².